The molecule has 1 rings (SSSR count). The molecular weight excluding hydrogens is 216 g/mol. The Labute approximate surface area is 102 Å². The number of carbonyl (C=O) groups is 1. The predicted octanol–water partition coefficient (Wildman–Crippen LogP) is 3.03. The molecule has 3 heteroatoms. The Kier molecular flexibility index (Phi) is 5.27. The Morgan fingerprint density at radius 3 is 2.47 bits per heavy atom. The zero-order chi connectivity index (χ0) is 12.7. The first-order chi connectivity index (χ1) is 8.26. The first-order valence-electron chi connectivity index (χ1n) is 5.75. The van der Waals surface area contributed by atoms with Crippen LogP contribution >= 0.6 is 0 Å². The number of carbonyl (C=O) groups excluding carboxylic acids is 1. The third-order valence-corrected chi connectivity index (χ3v) is 2.24. The number of benzene rings is 1. The highest BCUT2D eigenvalue weighted by molar-refractivity contribution is 5.77. The largest absolute Gasteiger partial charge is 0.490 e. The molecule has 0 spiro atoms. The fourth-order valence-electron chi connectivity index (χ4n) is 1.63. The maximum Gasteiger partial charge on any atom is 0.164 e. The molecule has 17 heavy (non-hydrogen) atoms. The maximum atomic E-state index is 10.9. The van der Waals surface area contributed by atoms with Crippen molar-refractivity contribution in [3.05, 3.63) is 35.9 Å². The topological polar surface area (TPSA) is 35.5 Å². The second kappa shape index (κ2) is 6.74. The third-order valence-electron chi connectivity index (χ3n) is 2.24. The molecule has 0 fully saturated rings. The van der Waals surface area contributed by atoms with Crippen molar-refractivity contribution in [3.63, 3.8) is 0 Å². The highest BCUT2D eigenvalue weighted by atomic mass is 16.5. The predicted molar refractivity (Wildman–Crippen MR) is 68.1 cm³/mol. The number of allylic oxidation sites excluding steroid dienone is 1. The zero-order valence-electron chi connectivity index (χ0n) is 10.4. The fourth-order valence-corrected chi connectivity index (χ4v) is 1.63. The van der Waals surface area contributed by atoms with Gasteiger partial charge in [-0.1, -0.05) is 6.08 Å². The van der Waals surface area contributed by atoms with E-state index >= 15 is 0 Å². The molecule has 0 aromatic heterocycles. The molecule has 0 saturated heterocycles. The highest BCUT2D eigenvalue weighted by Crippen LogP contribution is 2.33. The van der Waals surface area contributed by atoms with E-state index in [2.05, 4.69) is 6.58 Å². The van der Waals surface area contributed by atoms with Gasteiger partial charge in [0.1, 0.15) is 6.29 Å². The minimum Gasteiger partial charge on any atom is -0.490 e. The number of ether oxygens (including phenoxy) is 2. The molecule has 1 aromatic carbocycles. The molecule has 0 aliphatic carbocycles. The van der Waals surface area contributed by atoms with Gasteiger partial charge in [0.2, 0.25) is 0 Å². The van der Waals surface area contributed by atoms with Gasteiger partial charge in [-0.05, 0) is 32.4 Å². The summed E-state index contributed by atoms with van der Waals surface area (Å²) in [5.41, 5.74) is 1.52. The van der Waals surface area contributed by atoms with Gasteiger partial charge in [0, 0.05) is 11.1 Å². The monoisotopic (exact) mass is 234 g/mol. The second-order valence-corrected chi connectivity index (χ2v) is 3.48. The molecule has 0 radical (unpaired) electrons. The Balaban J connectivity index is 3.25. The van der Waals surface area contributed by atoms with Crippen molar-refractivity contribution in [1.29, 1.82) is 0 Å². The first kappa shape index (κ1) is 13.3. The van der Waals surface area contributed by atoms with E-state index in [0.29, 0.717) is 36.7 Å². The summed E-state index contributed by atoms with van der Waals surface area (Å²) in [6, 6.07) is 3.51. The van der Waals surface area contributed by atoms with Crippen molar-refractivity contribution in [2.45, 2.75) is 20.3 Å². The molecule has 0 unspecified atom stereocenters. The summed E-state index contributed by atoms with van der Waals surface area (Å²) in [4.78, 5) is 10.9. The van der Waals surface area contributed by atoms with Crippen LogP contribution in [-0.4, -0.2) is 19.5 Å². The van der Waals surface area contributed by atoms with E-state index in [9.17, 15) is 4.79 Å². The first-order valence-corrected chi connectivity index (χ1v) is 5.75. The molecule has 3 nitrogen and oxygen atoms in total. The van der Waals surface area contributed by atoms with Crippen molar-refractivity contribution in [1.82, 2.24) is 0 Å². The van der Waals surface area contributed by atoms with Gasteiger partial charge in [-0.2, -0.15) is 0 Å². The molecule has 92 valence electrons. The minimum atomic E-state index is 0.538. The lowest BCUT2D eigenvalue weighted by Gasteiger charge is -2.15. The van der Waals surface area contributed by atoms with Crippen LogP contribution in [0, 0.1) is 0 Å². The van der Waals surface area contributed by atoms with Crippen LogP contribution < -0.4 is 9.47 Å². The van der Waals surface area contributed by atoms with Crippen molar-refractivity contribution in [3.8, 4) is 11.5 Å². The molecule has 1 aromatic rings. The Hall–Kier alpha value is -1.77. The lowest BCUT2D eigenvalue weighted by Crippen LogP contribution is -2.03. The van der Waals surface area contributed by atoms with Gasteiger partial charge in [-0.25, -0.2) is 0 Å². The van der Waals surface area contributed by atoms with Gasteiger partial charge in [0.15, 0.2) is 11.5 Å². The molecule has 0 aliphatic rings. The second-order valence-electron chi connectivity index (χ2n) is 3.48. The summed E-state index contributed by atoms with van der Waals surface area (Å²) in [6.07, 6.45) is 3.24. The molecule has 0 aliphatic heterocycles. The van der Waals surface area contributed by atoms with Gasteiger partial charge >= 0.3 is 0 Å². The lowest BCUT2D eigenvalue weighted by molar-refractivity contribution is 0.112. The Morgan fingerprint density at radius 1 is 1.24 bits per heavy atom. The smallest absolute Gasteiger partial charge is 0.164 e. The van der Waals surface area contributed by atoms with E-state index in [0.717, 1.165) is 11.8 Å². The third kappa shape index (κ3) is 3.34. The summed E-state index contributed by atoms with van der Waals surface area (Å²) in [7, 11) is 0. The van der Waals surface area contributed by atoms with Gasteiger partial charge in [-0.3, -0.25) is 4.79 Å². The van der Waals surface area contributed by atoms with E-state index in [4.69, 9.17) is 9.47 Å². The number of hydrogen-bond acceptors (Lipinski definition) is 3. The molecule has 0 N–H and O–H groups in total. The zero-order valence-corrected chi connectivity index (χ0v) is 10.4. The molecule has 0 amide bonds. The fraction of sp³-hybridized carbons (Fsp3) is 0.357. The van der Waals surface area contributed by atoms with Gasteiger partial charge < -0.3 is 9.47 Å². The Morgan fingerprint density at radius 2 is 1.94 bits per heavy atom. The van der Waals surface area contributed by atoms with Crippen molar-refractivity contribution in [2.75, 3.05) is 13.2 Å². The van der Waals surface area contributed by atoms with E-state index in [1.165, 1.54) is 0 Å². The summed E-state index contributed by atoms with van der Waals surface area (Å²) in [6.45, 7) is 8.62. The molecule has 0 atom stereocenters. The molecule has 0 heterocycles. The van der Waals surface area contributed by atoms with Crippen molar-refractivity contribution < 1.29 is 14.3 Å². The van der Waals surface area contributed by atoms with Crippen LogP contribution in [0.4, 0.5) is 0 Å². The van der Waals surface area contributed by atoms with Crippen LogP contribution in [0.2, 0.25) is 0 Å². The van der Waals surface area contributed by atoms with Crippen LogP contribution in [0.5, 0.6) is 11.5 Å². The number of hydrogen-bond donors (Lipinski definition) is 0. The van der Waals surface area contributed by atoms with Crippen LogP contribution in [0.25, 0.3) is 0 Å². The lowest BCUT2D eigenvalue weighted by atomic mass is 10.1. The summed E-state index contributed by atoms with van der Waals surface area (Å²) in [5.74, 6) is 1.33. The van der Waals surface area contributed by atoms with Crippen LogP contribution in [0.1, 0.15) is 29.8 Å². The van der Waals surface area contributed by atoms with Crippen molar-refractivity contribution in [2.24, 2.45) is 0 Å². The number of rotatable bonds is 7. The summed E-state index contributed by atoms with van der Waals surface area (Å²) < 4.78 is 11.1. The number of aldehydes is 1. The molecule has 0 saturated carbocycles. The highest BCUT2D eigenvalue weighted by Gasteiger charge is 2.12. The molecule has 0 bridgehead atoms. The van der Waals surface area contributed by atoms with E-state index in [1.54, 1.807) is 12.1 Å². The standard InChI is InChI=1S/C14H18O3/c1-4-7-12-8-11(10-15)9-13(16-5-2)14(12)17-6-3/h4,8-10H,1,5-7H2,2-3H3. The van der Waals surface area contributed by atoms with Crippen LogP contribution in [0.3, 0.4) is 0 Å². The SMILES string of the molecule is C=CCc1cc(C=O)cc(OCC)c1OCC. The van der Waals surface area contributed by atoms with Gasteiger partial charge in [0.05, 0.1) is 13.2 Å². The van der Waals surface area contributed by atoms with E-state index < -0.39 is 0 Å². The van der Waals surface area contributed by atoms with E-state index in [-0.39, 0.29) is 0 Å². The quantitative estimate of drug-likeness (QED) is 0.537. The van der Waals surface area contributed by atoms with Crippen molar-refractivity contribution >= 4 is 6.29 Å². The average Bonchev–Trinajstić information content (AvgIpc) is 2.33. The van der Waals surface area contributed by atoms with Gasteiger partial charge in [0.25, 0.3) is 0 Å². The maximum absolute atomic E-state index is 10.9. The van der Waals surface area contributed by atoms with Crippen LogP contribution in [-0.2, 0) is 6.42 Å². The average molecular weight is 234 g/mol. The summed E-state index contributed by atoms with van der Waals surface area (Å²) in [5, 5.41) is 0. The Bertz CT molecular complexity index is 397. The van der Waals surface area contributed by atoms with E-state index in [1.807, 2.05) is 19.9 Å². The normalized spacial score (nSPS) is 9.76. The van der Waals surface area contributed by atoms with Crippen LogP contribution in [0.15, 0.2) is 24.8 Å². The minimum absolute atomic E-state index is 0.538. The summed E-state index contributed by atoms with van der Waals surface area (Å²) >= 11 is 0. The molecular formula is C14H18O3. The van der Waals surface area contributed by atoms with Gasteiger partial charge in [-0.15, -0.1) is 6.58 Å².